The van der Waals surface area contributed by atoms with Gasteiger partial charge in [0, 0.05) is 49.6 Å². The first-order valence-corrected chi connectivity index (χ1v) is 10.7. The Hall–Kier alpha value is -1.50. The van der Waals surface area contributed by atoms with Gasteiger partial charge in [0.15, 0.2) is 5.78 Å². The Morgan fingerprint density at radius 2 is 2.14 bits per heavy atom. The van der Waals surface area contributed by atoms with Crippen LogP contribution in [0.1, 0.15) is 61.7 Å². The maximum atomic E-state index is 13.7. The topological polar surface area (TPSA) is 51.5 Å². The molecule has 1 aromatic carbocycles. The van der Waals surface area contributed by atoms with E-state index in [-0.39, 0.29) is 37.6 Å². The number of ketones is 1. The summed E-state index contributed by atoms with van der Waals surface area (Å²) >= 11 is 6.40. The summed E-state index contributed by atoms with van der Waals surface area (Å²) in [5, 5.41) is 11.8. The molecule has 1 N–H and O–H groups in total. The normalized spacial score (nSPS) is 26.8. The molecule has 1 aliphatic carbocycles. The van der Waals surface area contributed by atoms with Gasteiger partial charge in [-0.1, -0.05) is 17.7 Å². The Labute approximate surface area is 173 Å². The van der Waals surface area contributed by atoms with Gasteiger partial charge >= 0.3 is 0 Å². The minimum atomic E-state index is -2.86. The monoisotopic (exact) mass is 425 g/mol. The quantitative estimate of drug-likeness (QED) is 0.632. The minimum Gasteiger partial charge on any atom is -0.390 e. The van der Waals surface area contributed by atoms with Crippen LogP contribution in [-0.4, -0.2) is 39.7 Å². The van der Waals surface area contributed by atoms with Crippen LogP contribution in [0.15, 0.2) is 24.4 Å². The lowest BCUT2D eigenvalue weighted by molar-refractivity contribution is -0.126. The van der Waals surface area contributed by atoms with E-state index in [1.807, 2.05) is 16.7 Å². The lowest BCUT2D eigenvalue weighted by atomic mass is 9.79. The zero-order valence-electron chi connectivity index (χ0n) is 16.3. The molecule has 0 bridgehead atoms. The zero-order chi connectivity index (χ0) is 20.6. The van der Waals surface area contributed by atoms with Gasteiger partial charge in [0.05, 0.1) is 22.2 Å². The van der Waals surface area contributed by atoms with Crippen molar-refractivity contribution in [1.82, 2.24) is 4.57 Å². The number of aliphatic hydroxyl groups is 1. The van der Waals surface area contributed by atoms with Crippen LogP contribution in [0.25, 0.3) is 10.9 Å². The van der Waals surface area contributed by atoms with Gasteiger partial charge in [-0.2, -0.15) is 0 Å². The molecule has 1 aliphatic heterocycles. The van der Waals surface area contributed by atoms with E-state index >= 15 is 0 Å². The van der Waals surface area contributed by atoms with Crippen molar-refractivity contribution < 1.29 is 23.4 Å². The number of aromatic nitrogens is 1. The average molecular weight is 426 g/mol. The number of benzene rings is 1. The first-order chi connectivity index (χ1) is 13.8. The van der Waals surface area contributed by atoms with Crippen LogP contribution in [-0.2, 0) is 11.3 Å². The molecule has 2 aromatic rings. The van der Waals surface area contributed by atoms with Crippen LogP contribution in [0.5, 0.6) is 0 Å². The number of carbonyl (C=O) groups is 1. The van der Waals surface area contributed by atoms with Crippen molar-refractivity contribution in [3.05, 3.63) is 35.0 Å². The molecule has 7 heteroatoms. The maximum Gasteiger partial charge on any atom is 0.250 e. The summed E-state index contributed by atoms with van der Waals surface area (Å²) in [6, 6.07) is 5.51. The lowest BCUT2D eigenvalue weighted by Crippen LogP contribution is -2.41. The van der Waals surface area contributed by atoms with E-state index in [2.05, 4.69) is 0 Å². The lowest BCUT2D eigenvalue weighted by Gasteiger charge is -2.36. The number of hydrogen-bond acceptors (Lipinski definition) is 3. The summed E-state index contributed by atoms with van der Waals surface area (Å²) < 4.78 is 35.2. The number of hydrogen-bond donors (Lipinski definition) is 1. The van der Waals surface area contributed by atoms with E-state index in [0.29, 0.717) is 28.9 Å². The Morgan fingerprint density at radius 3 is 2.86 bits per heavy atom. The van der Waals surface area contributed by atoms with Gasteiger partial charge in [-0.3, -0.25) is 4.79 Å². The highest BCUT2D eigenvalue weighted by atomic mass is 35.5. The Morgan fingerprint density at radius 1 is 1.31 bits per heavy atom. The van der Waals surface area contributed by atoms with E-state index < -0.39 is 17.9 Å². The average Bonchev–Trinajstić information content (AvgIpc) is 3.28. The minimum absolute atomic E-state index is 0.0108. The summed E-state index contributed by atoms with van der Waals surface area (Å²) in [5.41, 5.74) is -0.147. The molecule has 1 saturated carbocycles. The van der Waals surface area contributed by atoms with Crippen LogP contribution in [0.3, 0.4) is 0 Å². The van der Waals surface area contributed by atoms with Crippen LogP contribution < -0.4 is 0 Å². The predicted octanol–water partition coefficient (Wildman–Crippen LogP) is 5.38. The molecule has 0 radical (unpaired) electrons. The molecule has 2 aliphatic rings. The van der Waals surface area contributed by atoms with Gasteiger partial charge in [-0.05, 0) is 44.2 Å². The van der Waals surface area contributed by atoms with Crippen molar-refractivity contribution in [3.8, 4) is 0 Å². The van der Waals surface area contributed by atoms with Crippen molar-refractivity contribution in [2.24, 2.45) is 0 Å². The van der Waals surface area contributed by atoms with Gasteiger partial charge in [-0.25, -0.2) is 8.78 Å². The number of halogens is 3. The number of rotatable bonds is 6. The maximum absolute atomic E-state index is 13.7. The number of fused-ring (bicyclic) bond motifs is 1. The fraction of sp³-hybridized carbons (Fsp3) is 0.591. The Bertz CT molecular complexity index is 907. The highest BCUT2D eigenvalue weighted by Crippen LogP contribution is 2.41. The van der Waals surface area contributed by atoms with Gasteiger partial charge in [-0.15, -0.1) is 0 Å². The van der Waals surface area contributed by atoms with E-state index in [0.717, 1.165) is 25.0 Å². The van der Waals surface area contributed by atoms with Crippen molar-refractivity contribution in [1.29, 1.82) is 0 Å². The standard InChI is InChI=1S/C22H26ClF2NO3/c23-17-5-1-6-18-20(17)16(13-26(18)12-15-4-2-11-29-15)19(27)7-10-21(28)8-3-9-22(24,25)14-21/h1,5-6,13,15,28H,2-4,7-12,14H2/t15-,21-/m0/s1. The second-order valence-electron chi connectivity index (χ2n) is 8.50. The molecular formula is C22H26ClF2NO3. The van der Waals surface area contributed by atoms with Gasteiger partial charge in [0.1, 0.15) is 0 Å². The highest BCUT2D eigenvalue weighted by molar-refractivity contribution is 6.37. The van der Waals surface area contributed by atoms with Crippen molar-refractivity contribution in [3.63, 3.8) is 0 Å². The molecule has 2 fully saturated rings. The van der Waals surface area contributed by atoms with Crippen molar-refractivity contribution >= 4 is 28.3 Å². The van der Waals surface area contributed by atoms with Crippen LogP contribution >= 0.6 is 11.6 Å². The number of carbonyl (C=O) groups excluding carboxylic acids is 1. The van der Waals surface area contributed by atoms with Crippen LogP contribution in [0, 0.1) is 0 Å². The van der Waals surface area contributed by atoms with Crippen molar-refractivity contribution in [2.75, 3.05) is 6.61 Å². The van der Waals surface area contributed by atoms with Crippen molar-refractivity contribution in [2.45, 2.75) is 75.5 Å². The molecule has 29 heavy (non-hydrogen) atoms. The van der Waals surface area contributed by atoms with E-state index in [1.165, 1.54) is 0 Å². The fourth-order valence-electron chi connectivity index (χ4n) is 4.71. The Kier molecular flexibility index (Phi) is 5.70. The number of alkyl halides is 2. The van der Waals surface area contributed by atoms with Gasteiger partial charge < -0.3 is 14.4 Å². The van der Waals surface area contributed by atoms with E-state index in [1.54, 1.807) is 12.3 Å². The second kappa shape index (κ2) is 7.97. The summed E-state index contributed by atoms with van der Waals surface area (Å²) in [4.78, 5) is 13.0. The molecule has 1 saturated heterocycles. The molecule has 0 amide bonds. The number of nitrogens with zero attached hydrogens (tertiary/aromatic N) is 1. The largest absolute Gasteiger partial charge is 0.390 e. The van der Waals surface area contributed by atoms with Gasteiger partial charge in [0.25, 0.3) is 5.92 Å². The first kappa shape index (κ1) is 20.8. The second-order valence-corrected chi connectivity index (χ2v) is 8.91. The van der Waals surface area contributed by atoms with Crippen LogP contribution in [0.4, 0.5) is 8.78 Å². The first-order valence-electron chi connectivity index (χ1n) is 10.3. The smallest absolute Gasteiger partial charge is 0.250 e. The zero-order valence-corrected chi connectivity index (χ0v) is 17.1. The number of ether oxygens (including phenoxy) is 1. The molecule has 1 aromatic heterocycles. The SMILES string of the molecule is O=C(CC[C@@]1(O)CCCC(F)(F)C1)c1cn(C[C@@H]2CCCO2)c2cccc(Cl)c12. The highest BCUT2D eigenvalue weighted by Gasteiger charge is 2.44. The summed E-state index contributed by atoms with van der Waals surface area (Å²) in [7, 11) is 0. The molecule has 0 unspecified atom stereocenters. The third kappa shape index (κ3) is 4.49. The third-order valence-corrected chi connectivity index (χ3v) is 6.48. The molecule has 4 rings (SSSR count). The summed E-state index contributed by atoms with van der Waals surface area (Å²) in [5.74, 6) is -3.05. The Balaban J connectivity index is 1.55. The summed E-state index contributed by atoms with van der Waals surface area (Å²) in [6.07, 6.45) is 3.75. The fourth-order valence-corrected chi connectivity index (χ4v) is 4.98. The number of Topliss-reactive ketones (excluding diaryl/α,β-unsaturated/α-hetero) is 1. The molecule has 4 nitrogen and oxygen atoms in total. The van der Waals surface area contributed by atoms with E-state index in [4.69, 9.17) is 16.3 Å². The molecule has 158 valence electrons. The van der Waals surface area contributed by atoms with Crippen LogP contribution in [0.2, 0.25) is 5.02 Å². The van der Waals surface area contributed by atoms with Gasteiger partial charge in [0.2, 0.25) is 0 Å². The van der Waals surface area contributed by atoms with E-state index in [9.17, 15) is 18.7 Å². The molecule has 2 atom stereocenters. The molecule has 2 heterocycles. The third-order valence-electron chi connectivity index (χ3n) is 6.17. The summed E-state index contributed by atoms with van der Waals surface area (Å²) in [6.45, 7) is 1.39. The molecule has 0 spiro atoms. The predicted molar refractivity (Wildman–Crippen MR) is 108 cm³/mol. The molecular weight excluding hydrogens is 400 g/mol.